The third kappa shape index (κ3) is 11.2. The molecule has 17 heteroatoms. The Balaban J connectivity index is 0.000000193. The zero-order valence-electron chi connectivity index (χ0n) is 37.3. The summed E-state index contributed by atoms with van der Waals surface area (Å²) in [4.78, 5) is 10.0. The lowest BCUT2D eigenvalue weighted by Gasteiger charge is -2.47. The molecule has 2 aliphatic rings. The van der Waals surface area contributed by atoms with Crippen LogP contribution in [0.15, 0.2) is 122 Å². The maximum Gasteiger partial charge on any atom is 0.229 e. The minimum atomic E-state index is -3.38. The van der Waals surface area contributed by atoms with Crippen LogP contribution < -0.4 is 10.5 Å². The van der Waals surface area contributed by atoms with Gasteiger partial charge in [-0.3, -0.25) is 24.3 Å². The summed E-state index contributed by atoms with van der Waals surface area (Å²) in [6.07, 6.45) is 5.11. The lowest BCUT2D eigenvalue weighted by Crippen LogP contribution is -2.57. The first-order valence-electron chi connectivity index (χ1n) is 21.6. The van der Waals surface area contributed by atoms with Crippen molar-refractivity contribution in [3.63, 3.8) is 0 Å². The Bertz CT molecular complexity index is 2540. The summed E-state index contributed by atoms with van der Waals surface area (Å²) in [6.45, 7) is 22.4. The van der Waals surface area contributed by atoms with Gasteiger partial charge in [-0.2, -0.15) is 10.4 Å². The molecule has 5 N–H and O–H groups in total. The fourth-order valence-corrected chi connectivity index (χ4v) is 9.63. The van der Waals surface area contributed by atoms with E-state index in [2.05, 4.69) is 161 Å². The topological polar surface area (TPSA) is 194 Å². The molecular formula is C47H60N14O2S. The molecule has 0 spiro atoms. The van der Waals surface area contributed by atoms with Crippen molar-refractivity contribution in [3.05, 3.63) is 145 Å². The van der Waals surface area contributed by atoms with Crippen molar-refractivity contribution in [1.29, 1.82) is 0 Å². The molecule has 336 valence electrons. The maximum absolute atomic E-state index is 11.8. The molecular weight excluding hydrogens is 825 g/mol. The van der Waals surface area contributed by atoms with Gasteiger partial charge < -0.3 is 5.73 Å². The number of nitrogens with two attached hydrogens (primary N) is 1. The summed E-state index contributed by atoms with van der Waals surface area (Å²) >= 11 is 0. The first-order chi connectivity index (χ1) is 30.8. The van der Waals surface area contributed by atoms with Gasteiger partial charge in [0.2, 0.25) is 21.7 Å². The minimum absolute atomic E-state index is 0.0519. The molecule has 6 atom stereocenters. The highest BCUT2D eigenvalue weighted by Crippen LogP contribution is 2.37. The Hall–Kier alpha value is -6.11. The summed E-state index contributed by atoms with van der Waals surface area (Å²) in [5, 5.41) is 28.6. The second kappa shape index (κ2) is 20.6. The SMILES string of the molecule is C=CCN1C[C@H](C)N([C@H](c2ccc(-c3nn[nH]n3)cc2)c2cccc(N)c2)C[C@H]1C.C=CCN1C[C@H](C)N([C@H](c2ccc(-c3nn[nH]n3)cc2)c2cccc(NS(C)(=O)=O)c2)C[C@H]1C. The Morgan fingerprint density at radius 2 is 1.11 bits per heavy atom. The van der Waals surface area contributed by atoms with E-state index < -0.39 is 10.0 Å². The number of tetrazole rings is 2. The third-order valence-corrected chi connectivity index (χ3v) is 12.7. The van der Waals surface area contributed by atoms with Gasteiger partial charge in [-0.15, -0.1) is 33.6 Å². The Morgan fingerprint density at radius 1 is 0.656 bits per heavy atom. The van der Waals surface area contributed by atoms with Crippen LogP contribution in [-0.2, 0) is 10.0 Å². The number of anilines is 2. The molecule has 0 saturated carbocycles. The second-order valence-corrected chi connectivity index (χ2v) is 18.7. The van der Waals surface area contributed by atoms with E-state index in [0.29, 0.717) is 35.5 Å². The highest BCUT2D eigenvalue weighted by atomic mass is 32.2. The predicted molar refractivity (Wildman–Crippen MR) is 253 cm³/mol. The highest BCUT2D eigenvalue weighted by Gasteiger charge is 2.36. The van der Waals surface area contributed by atoms with Gasteiger partial charge >= 0.3 is 0 Å². The number of sulfonamides is 1. The molecule has 2 aliphatic heterocycles. The second-order valence-electron chi connectivity index (χ2n) is 17.0. The van der Waals surface area contributed by atoms with Gasteiger partial charge in [0.1, 0.15) is 0 Å². The normalized spacial score (nSPS) is 21.0. The van der Waals surface area contributed by atoms with Crippen molar-refractivity contribution in [2.45, 2.75) is 63.9 Å². The monoisotopic (exact) mass is 884 g/mol. The molecule has 2 aromatic heterocycles. The van der Waals surface area contributed by atoms with Crippen molar-refractivity contribution in [2.24, 2.45) is 0 Å². The van der Waals surface area contributed by atoms with Crippen LogP contribution in [0.5, 0.6) is 0 Å². The smallest absolute Gasteiger partial charge is 0.229 e. The van der Waals surface area contributed by atoms with Crippen molar-refractivity contribution in [1.82, 2.24) is 60.8 Å². The maximum atomic E-state index is 11.8. The molecule has 16 nitrogen and oxygen atoms in total. The zero-order valence-corrected chi connectivity index (χ0v) is 38.1. The summed E-state index contributed by atoms with van der Waals surface area (Å²) in [5.41, 5.74) is 13.9. The van der Waals surface area contributed by atoms with Crippen LogP contribution in [0, 0.1) is 0 Å². The van der Waals surface area contributed by atoms with E-state index in [1.165, 1.54) is 11.1 Å². The number of aromatic amines is 2. The van der Waals surface area contributed by atoms with E-state index in [9.17, 15) is 8.42 Å². The molecule has 2 saturated heterocycles. The van der Waals surface area contributed by atoms with Crippen molar-refractivity contribution in [3.8, 4) is 22.8 Å². The number of H-pyrrole nitrogens is 2. The number of nitrogens with zero attached hydrogens (tertiary/aromatic N) is 10. The summed E-state index contributed by atoms with van der Waals surface area (Å²) in [5.74, 6) is 1.14. The fourth-order valence-electron chi connectivity index (χ4n) is 9.07. The average Bonchev–Trinajstić information content (AvgIpc) is 4.02. The van der Waals surface area contributed by atoms with Crippen LogP contribution in [-0.4, -0.2) is 139 Å². The first-order valence-corrected chi connectivity index (χ1v) is 23.5. The largest absolute Gasteiger partial charge is 0.399 e. The zero-order chi connectivity index (χ0) is 45.4. The first kappa shape index (κ1) is 45.9. The van der Waals surface area contributed by atoms with E-state index in [0.717, 1.165) is 73.5 Å². The van der Waals surface area contributed by atoms with Gasteiger partial charge in [0, 0.05) is 85.9 Å². The molecule has 8 rings (SSSR count). The van der Waals surface area contributed by atoms with Gasteiger partial charge in [0.15, 0.2) is 0 Å². The minimum Gasteiger partial charge on any atom is -0.399 e. The molecule has 6 aromatic rings. The van der Waals surface area contributed by atoms with Crippen LogP contribution in [0.1, 0.15) is 62.0 Å². The molecule has 0 amide bonds. The summed E-state index contributed by atoms with van der Waals surface area (Å²) in [6, 6.07) is 34.0. The number of piperazine rings is 2. The van der Waals surface area contributed by atoms with Crippen LogP contribution in [0.3, 0.4) is 0 Å². The quantitative estimate of drug-likeness (QED) is 0.0733. The van der Waals surface area contributed by atoms with Crippen LogP contribution in [0.4, 0.5) is 11.4 Å². The molecule has 0 aliphatic carbocycles. The highest BCUT2D eigenvalue weighted by molar-refractivity contribution is 7.92. The fraction of sp³-hybridized carbons (Fsp3) is 0.362. The molecule has 0 unspecified atom stereocenters. The molecule has 4 heterocycles. The number of rotatable bonds is 14. The van der Waals surface area contributed by atoms with Crippen LogP contribution in [0.2, 0.25) is 0 Å². The summed E-state index contributed by atoms with van der Waals surface area (Å²) < 4.78 is 26.3. The van der Waals surface area contributed by atoms with E-state index in [1.807, 2.05) is 48.6 Å². The van der Waals surface area contributed by atoms with Gasteiger partial charge in [-0.1, -0.05) is 84.9 Å². The van der Waals surface area contributed by atoms with E-state index in [-0.39, 0.29) is 18.1 Å². The number of aromatic nitrogens is 8. The molecule has 64 heavy (non-hydrogen) atoms. The Labute approximate surface area is 376 Å². The van der Waals surface area contributed by atoms with Crippen molar-refractivity contribution >= 4 is 21.4 Å². The van der Waals surface area contributed by atoms with Gasteiger partial charge in [-0.05, 0) is 84.6 Å². The number of benzene rings is 4. The number of nitrogens with one attached hydrogen (secondary N) is 3. The van der Waals surface area contributed by atoms with E-state index in [1.54, 1.807) is 6.07 Å². The van der Waals surface area contributed by atoms with Crippen LogP contribution in [0.25, 0.3) is 22.8 Å². The van der Waals surface area contributed by atoms with E-state index in [4.69, 9.17) is 5.73 Å². The summed E-state index contributed by atoms with van der Waals surface area (Å²) in [7, 11) is -3.38. The molecule has 0 bridgehead atoms. The van der Waals surface area contributed by atoms with Gasteiger partial charge in [-0.25, -0.2) is 8.42 Å². The number of nitrogen functional groups attached to an aromatic ring is 1. The number of hydrogen-bond donors (Lipinski definition) is 4. The standard InChI is InChI=1S/C24H31N7O2S.C23H29N7/c1-5-13-30-15-18(3)31(16-17(30)2)23(21-7-6-8-22(14-21)27-34(4,32)33)19-9-11-20(12-10-19)24-25-28-29-26-24;1-4-12-29-14-17(3)30(15-16(29)2)22(20-6-5-7-21(24)13-20)18-8-10-19(11-9-18)23-25-27-28-26-23/h5-12,14,17-18,23,27H,1,13,15-16H2,2-4H3,(H,25,26,28,29);4-11,13,16-17,22H,1,12,14-15,24H2,2-3H3,(H,25,26,27,28)/t17-,18+,23-;16-,17+,22-/m11/s1. The Morgan fingerprint density at radius 3 is 1.52 bits per heavy atom. The average molecular weight is 885 g/mol. The van der Waals surface area contributed by atoms with Gasteiger partial charge in [0.25, 0.3) is 0 Å². The van der Waals surface area contributed by atoms with Crippen molar-refractivity contribution < 1.29 is 8.42 Å². The van der Waals surface area contributed by atoms with Crippen LogP contribution >= 0.6 is 0 Å². The third-order valence-electron chi connectivity index (χ3n) is 12.1. The predicted octanol–water partition coefficient (Wildman–Crippen LogP) is 6.03. The molecule has 0 radical (unpaired) electrons. The Kier molecular flexibility index (Phi) is 14.8. The van der Waals surface area contributed by atoms with E-state index >= 15 is 0 Å². The van der Waals surface area contributed by atoms with Crippen molar-refractivity contribution in [2.75, 3.05) is 56.0 Å². The molecule has 2 fully saturated rings. The number of hydrogen-bond acceptors (Lipinski definition) is 13. The van der Waals surface area contributed by atoms with Gasteiger partial charge in [0.05, 0.1) is 18.3 Å². The lowest BCUT2D eigenvalue weighted by molar-refractivity contribution is 0.0307. The molecule has 4 aromatic carbocycles. The lowest BCUT2D eigenvalue weighted by atomic mass is 9.92.